The van der Waals surface area contributed by atoms with Gasteiger partial charge in [0.05, 0.1) is 18.9 Å². The molecule has 5 nitrogen and oxygen atoms in total. The number of imidazole rings is 1. The molecule has 1 aromatic carbocycles. The molecule has 0 fully saturated rings. The Labute approximate surface area is 174 Å². The van der Waals surface area contributed by atoms with Crippen LogP contribution in [-0.4, -0.2) is 33.3 Å². The number of halogens is 1. The first kappa shape index (κ1) is 20.9. The van der Waals surface area contributed by atoms with Crippen LogP contribution in [-0.2, 0) is 11.2 Å². The first-order valence-corrected chi connectivity index (χ1v) is 10.4. The molecule has 148 valence electrons. The summed E-state index contributed by atoms with van der Waals surface area (Å²) in [6, 6.07) is 11.7. The molecule has 0 spiro atoms. The average molecular weight is 418 g/mol. The monoisotopic (exact) mass is 417 g/mol. The highest BCUT2D eigenvalue weighted by atomic mass is 35.5. The number of aromatic amines is 1. The van der Waals surface area contributed by atoms with Crippen LogP contribution in [0.3, 0.4) is 0 Å². The van der Waals surface area contributed by atoms with Gasteiger partial charge in [-0.25, -0.2) is 4.98 Å². The summed E-state index contributed by atoms with van der Waals surface area (Å²) in [5.41, 5.74) is 2.09. The third-order valence-electron chi connectivity index (χ3n) is 4.16. The van der Waals surface area contributed by atoms with Gasteiger partial charge >= 0.3 is 0 Å². The summed E-state index contributed by atoms with van der Waals surface area (Å²) >= 11 is 7.74. The first-order valence-electron chi connectivity index (χ1n) is 9.21. The van der Waals surface area contributed by atoms with Crippen LogP contribution >= 0.6 is 23.4 Å². The number of nitrogens with one attached hydrogen (secondary N) is 1. The standard InChI is InChI=1S/C21H24ClN3O2S/c1-14(2)19-21(28-17-5-3-4-16(22)13-17)25-20(24-19)18(27-11-10-26)12-15-6-8-23-9-7-15/h3-9,13-14,18,26H,10-12H2,1-2H3,(H,24,25). The van der Waals surface area contributed by atoms with Gasteiger partial charge in [0.2, 0.25) is 0 Å². The van der Waals surface area contributed by atoms with E-state index in [2.05, 4.69) is 23.8 Å². The molecular formula is C21H24ClN3O2S. The van der Waals surface area contributed by atoms with Crippen molar-refractivity contribution >= 4 is 23.4 Å². The van der Waals surface area contributed by atoms with Crippen LogP contribution in [0.4, 0.5) is 0 Å². The van der Waals surface area contributed by atoms with Crippen molar-refractivity contribution < 1.29 is 9.84 Å². The number of ether oxygens (including phenoxy) is 1. The van der Waals surface area contributed by atoms with Gasteiger partial charge in [-0.05, 0) is 41.8 Å². The fourth-order valence-electron chi connectivity index (χ4n) is 2.82. The minimum Gasteiger partial charge on any atom is -0.394 e. The summed E-state index contributed by atoms with van der Waals surface area (Å²) in [5, 5.41) is 10.9. The fourth-order valence-corrected chi connectivity index (χ4v) is 4.19. The molecule has 1 atom stereocenters. The highest BCUT2D eigenvalue weighted by Gasteiger charge is 2.22. The van der Waals surface area contributed by atoms with Gasteiger partial charge in [-0.15, -0.1) is 0 Å². The topological polar surface area (TPSA) is 71.0 Å². The highest BCUT2D eigenvalue weighted by Crippen LogP contribution is 2.35. The maximum Gasteiger partial charge on any atom is 0.136 e. The van der Waals surface area contributed by atoms with Crippen molar-refractivity contribution in [2.75, 3.05) is 13.2 Å². The Morgan fingerprint density at radius 2 is 2.00 bits per heavy atom. The van der Waals surface area contributed by atoms with Crippen molar-refractivity contribution in [2.45, 2.75) is 42.2 Å². The number of hydrogen-bond acceptors (Lipinski definition) is 5. The van der Waals surface area contributed by atoms with Crippen LogP contribution in [0.5, 0.6) is 0 Å². The van der Waals surface area contributed by atoms with Gasteiger partial charge in [-0.2, -0.15) is 0 Å². The molecule has 0 aliphatic heterocycles. The maximum absolute atomic E-state index is 9.21. The lowest BCUT2D eigenvalue weighted by molar-refractivity contribution is 0.0234. The average Bonchev–Trinajstić information content (AvgIpc) is 3.10. The Balaban J connectivity index is 1.89. The first-order chi connectivity index (χ1) is 13.6. The zero-order valence-electron chi connectivity index (χ0n) is 15.9. The number of aliphatic hydroxyl groups is 1. The van der Waals surface area contributed by atoms with Crippen molar-refractivity contribution in [1.82, 2.24) is 15.0 Å². The molecule has 0 radical (unpaired) electrons. The molecule has 7 heteroatoms. The number of hydrogen-bond donors (Lipinski definition) is 2. The number of aliphatic hydroxyl groups excluding tert-OH is 1. The summed E-state index contributed by atoms with van der Waals surface area (Å²) in [5.74, 6) is 1.02. The van der Waals surface area contributed by atoms with Crippen LogP contribution < -0.4 is 0 Å². The number of pyridine rings is 1. The van der Waals surface area contributed by atoms with E-state index in [4.69, 9.17) is 21.3 Å². The van der Waals surface area contributed by atoms with Gasteiger partial charge in [-0.1, -0.05) is 43.3 Å². The number of H-pyrrole nitrogens is 1. The van der Waals surface area contributed by atoms with Gasteiger partial charge in [0.15, 0.2) is 0 Å². The molecule has 0 saturated carbocycles. The molecule has 3 rings (SSSR count). The Morgan fingerprint density at radius 1 is 1.21 bits per heavy atom. The van der Waals surface area contributed by atoms with Crippen LogP contribution in [0.2, 0.25) is 5.02 Å². The molecule has 0 amide bonds. The van der Waals surface area contributed by atoms with E-state index in [1.807, 2.05) is 36.4 Å². The Morgan fingerprint density at radius 3 is 2.68 bits per heavy atom. The van der Waals surface area contributed by atoms with Crippen LogP contribution in [0, 0.1) is 0 Å². The number of rotatable bonds is 9. The van der Waals surface area contributed by atoms with E-state index in [0.29, 0.717) is 11.4 Å². The van der Waals surface area contributed by atoms with Crippen LogP contribution in [0.15, 0.2) is 58.7 Å². The second-order valence-electron chi connectivity index (χ2n) is 6.69. The van der Waals surface area contributed by atoms with Gasteiger partial charge in [-0.3, -0.25) is 4.98 Å². The molecule has 3 aromatic rings. The molecule has 2 heterocycles. The van der Waals surface area contributed by atoms with Gasteiger partial charge < -0.3 is 14.8 Å². The van der Waals surface area contributed by atoms with Crippen molar-refractivity contribution in [3.63, 3.8) is 0 Å². The molecule has 0 bridgehead atoms. The third kappa shape index (κ3) is 5.58. The van der Waals surface area contributed by atoms with Gasteiger partial charge in [0.1, 0.15) is 17.0 Å². The normalized spacial score (nSPS) is 12.5. The minimum atomic E-state index is -0.277. The predicted octanol–water partition coefficient (Wildman–Crippen LogP) is 5.03. The van der Waals surface area contributed by atoms with E-state index in [9.17, 15) is 5.11 Å². The lowest BCUT2D eigenvalue weighted by Crippen LogP contribution is -2.12. The summed E-state index contributed by atoms with van der Waals surface area (Å²) < 4.78 is 5.90. The molecule has 2 aromatic heterocycles. The van der Waals surface area contributed by atoms with E-state index in [1.54, 1.807) is 24.2 Å². The second-order valence-corrected chi connectivity index (χ2v) is 8.21. The predicted molar refractivity (Wildman–Crippen MR) is 112 cm³/mol. The van der Waals surface area contributed by atoms with E-state index in [1.165, 1.54) is 0 Å². The number of benzene rings is 1. The maximum atomic E-state index is 9.21. The number of aromatic nitrogens is 3. The van der Waals surface area contributed by atoms with Crippen molar-refractivity contribution in [1.29, 1.82) is 0 Å². The molecule has 1 unspecified atom stereocenters. The number of nitrogens with zero attached hydrogens (tertiary/aromatic N) is 2. The Kier molecular flexibility index (Phi) is 7.50. The third-order valence-corrected chi connectivity index (χ3v) is 5.40. The molecule has 28 heavy (non-hydrogen) atoms. The Hall–Kier alpha value is -1.86. The van der Waals surface area contributed by atoms with Crippen LogP contribution in [0.25, 0.3) is 0 Å². The lowest BCUT2D eigenvalue weighted by atomic mass is 10.1. The summed E-state index contributed by atoms with van der Waals surface area (Å²) in [6.45, 7) is 4.46. The molecule has 0 aliphatic carbocycles. The Bertz CT molecular complexity index is 886. The molecule has 0 saturated heterocycles. The van der Waals surface area contributed by atoms with E-state index < -0.39 is 0 Å². The summed E-state index contributed by atoms with van der Waals surface area (Å²) in [6.07, 6.45) is 3.90. The molecule has 2 N–H and O–H groups in total. The van der Waals surface area contributed by atoms with Gasteiger partial charge in [0.25, 0.3) is 0 Å². The van der Waals surface area contributed by atoms with Gasteiger partial charge in [0, 0.05) is 28.7 Å². The molecular weight excluding hydrogens is 394 g/mol. The highest BCUT2D eigenvalue weighted by molar-refractivity contribution is 7.99. The van der Waals surface area contributed by atoms with E-state index >= 15 is 0 Å². The zero-order valence-corrected chi connectivity index (χ0v) is 17.5. The SMILES string of the molecule is CC(C)c1nc(C(Cc2ccncc2)OCCO)[nH]c1Sc1cccc(Cl)c1. The zero-order chi connectivity index (χ0) is 19.9. The summed E-state index contributed by atoms with van der Waals surface area (Å²) in [7, 11) is 0. The van der Waals surface area contributed by atoms with Crippen molar-refractivity contribution in [3.8, 4) is 0 Å². The quantitative estimate of drug-likeness (QED) is 0.511. The van der Waals surface area contributed by atoms with Crippen LogP contribution in [0.1, 0.15) is 43.0 Å². The summed E-state index contributed by atoms with van der Waals surface area (Å²) in [4.78, 5) is 13.4. The van der Waals surface area contributed by atoms with Crippen molar-refractivity contribution in [3.05, 3.63) is 70.9 Å². The lowest BCUT2D eigenvalue weighted by Gasteiger charge is -2.15. The second kappa shape index (κ2) is 10.1. The largest absolute Gasteiger partial charge is 0.394 e. The molecule has 0 aliphatic rings. The fraction of sp³-hybridized carbons (Fsp3) is 0.333. The minimum absolute atomic E-state index is 0.0330. The smallest absolute Gasteiger partial charge is 0.136 e. The van der Waals surface area contributed by atoms with Crippen molar-refractivity contribution in [2.24, 2.45) is 0 Å². The van der Waals surface area contributed by atoms with E-state index in [0.717, 1.165) is 27.0 Å². The van der Waals surface area contributed by atoms with E-state index in [-0.39, 0.29) is 25.2 Å².